The summed E-state index contributed by atoms with van der Waals surface area (Å²) in [6.07, 6.45) is 0. The predicted octanol–water partition coefficient (Wildman–Crippen LogP) is 12.9. The zero-order valence-corrected chi connectivity index (χ0v) is 31.0. The summed E-state index contributed by atoms with van der Waals surface area (Å²) in [5.74, 6) is 1.94. The van der Waals surface area contributed by atoms with Gasteiger partial charge in [0, 0.05) is 16.7 Å². The number of hydrogen-bond donors (Lipinski definition) is 0. The van der Waals surface area contributed by atoms with E-state index in [-0.39, 0.29) is 0 Å². The first-order valence-electron chi connectivity index (χ1n) is 19.1. The summed E-state index contributed by atoms with van der Waals surface area (Å²) in [6.45, 7) is 2.16. The van der Waals surface area contributed by atoms with E-state index in [0.717, 1.165) is 27.8 Å². The largest absolute Gasteiger partial charge is 0.208 e. The molecular formula is C53H37N3. The van der Waals surface area contributed by atoms with Gasteiger partial charge in [-0.2, -0.15) is 0 Å². The second kappa shape index (κ2) is 13.9. The quantitative estimate of drug-likeness (QED) is 0.165. The van der Waals surface area contributed by atoms with Crippen LogP contribution < -0.4 is 0 Å². The van der Waals surface area contributed by atoms with Crippen LogP contribution in [-0.4, -0.2) is 15.0 Å². The lowest BCUT2D eigenvalue weighted by molar-refractivity contribution is 0.770. The minimum atomic E-state index is -0.501. The van der Waals surface area contributed by atoms with Crippen molar-refractivity contribution in [3.05, 3.63) is 234 Å². The van der Waals surface area contributed by atoms with E-state index in [1.807, 2.05) is 60.7 Å². The molecule has 10 rings (SSSR count). The van der Waals surface area contributed by atoms with Gasteiger partial charge in [-0.25, -0.2) is 15.0 Å². The summed E-state index contributed by atoms with van der Waals surface area (Å²) in [7, 11) is 0. The van der Waals surface area contributed by atoms with Crippen molar-refractivity contribution in [1.82, 2.24) is 15.0 Å². The molecule has 1 atom stereocenters. The maximum Gasteiger partial charge on any atom is 0.164 e. The molecule has 1 aromatic heterocycles. The van der Waals surface area contributed by atoms with Crippen LogP contribution in [0.4, 0.5) is 0 Å². The fraction of sp³-hybridized carbons (Fsp3) is 0.0377. The number of rotatable bonds is 7. The van der Waals surface area contributed by atoms with E-state index in [4.69, 9.17) is 15.0 Å². The van der Waals surface area contributed by atoms with Crippen LogP contribution in [0.15, 0.2) is 206 Å². The Morgan fingerprint density at radius 1 is 0.321 bits per heavy atom. The van der Waals surface area contributed by atoms with Gasteiger partial charge in [-0.05, 0) is 74.7 Å². The van der Waals surface area contributed by atoms with Crippen molar-refractivity contribution in [3.8, 4) is 67.5 Å². The molecule has 1 aliphatic rings. The standard InChI is InChI=1S/C53H37N3/c1-36-30-32-44(33-31-36)53(43-24-9-4-10-25-43)48-29-12-11-26-46(48)47-28-15-27-45(49(47)53)41-22-13-20-39(34-41)40-21-14-23-42(35-40)52-55-50(37-16-5-2-6-17-37)54-51(56-52)38-18-7-3-8-19-38/h2-35H,1H3. The van der Waals surface area contributed by atoms with E-state index < -0.39 is 5.41 Å². The highest BCUT2D eigenvalue weighted by Gasteiger charge is 2.47. The SMILES string of the molecule is Cc1ccc(C2(c3ccccc3)c3ccccc3-c3cccc(-c4cccc(-c5cccc(-c6nc(-c7ccccc7)nc(-c7ccccc7)n6)c5)c4)c32)cc1. The van der Waals surface area contributed by atoms with Crippen LogP contribution in [0, 0.1) is 6.92 Å². The first kappa shape index (κ1) is 33.3. The van der Waals surface area contributed by atoms with Gasteiger partial charge in [0.25, 0.3) is 0 Å². The van der Waals surface area contributed by atoms with Gasteiger partial charge in [-0.3, -0.25) is 0 Å². The van der Waals surface area contributed by atoms with E-state index in [0.29, 0.717) is 17.5 Å². The minimum absolute atomic E-state index is 0.501. The monoisotopic (exact) mass is 715 g/mol. The Morgan fingerprint density at radius 3 is 1.39 bits per heavy atom. The summed E-state index contributed by atoms with van der Waals surface area (Å²) < 4.78 is 0. The number of nitrogens with zero attached hydrogens (tertiary/aromatic N) is 3. The Morgan fingerprint density at radius 2 is 0.750 bits per heavy atom. The zero-order valence-electron chi connectivity index (χ0n) is 31.0. The number of fused-ring (bicyclic) bond motifs is 3. The second-order valence-electron chi connectivity index (χ2n) is 14.5. The number of aryl methyl sites for hydroxylation is 1. The van der Waals surface area contributed by atoms with Gasteiger partial charge in [0.2, 0.25) is 0 Å². The van der Waals surface area contributed by atoms with Crippen molar-refractivity contribution < 1.29 is 0 Å². The maximum absolute atomic E-state index is 5.02. The normalized spacial score (nSPS) is 14.2. The van der Waals surface area contributed by atoms with Gasteiger partial charge >= 0.3 is 0 Å². The lowest BCUT2D eigenvalue weighted by Crippen LogP contribution is -2.29. The van der Waals surface area contributed by atoms with Crippen molar-refractivity contribution in [2.45, 2.75) is 12.3 Å². The Kier molecular flexibility index (Phi) is 8.26. The third-order valence-corrected chi connectivity index (χ3v) is 11.1. The number of hydrogen-bond acceptors (Lipinski definition) is 3. The predicted molar refractivity (Wildman–Crippen MR) is 229 cm³/mol. The summed E-state index contributed by atoms with van der Waals surface area (Å²) in [5.41, 5.74) is 15.9. The fourth-order valence-corrected chi connectivity index (χ4v) is 8.50. The topological polar surface area (TPSA) is 38.7 Å². The molecule has 1 heterocycles. The van der Waals surface area contributed by atoms with Crippen molar-refractivity contribution in [3.63, 3.8) is 0 Å². The van der Waals surface area contributed by atoms with Gasteiger partial charge in [-0.15, -0.1) is 0 Å². The molecule has 8 aromatic carbocycles. The molecule has 3 heteroatoms. The van der Waals surface area contributed by atoms with Crippen LogP contribution in [0.5, 0.6) is 0 Å². The lowest BCUT2D eigenvalue weighted by Gasteiger charge is -2.35. The molecule has 0 aliphatic heterocycles. The highest BCUT2D eigenvalue weighted by Crippen LogP contribution is 2.58. The highest BCUT2D eigenvalue weighted by atomic mass is 15.0. The highest BCUT2D eigenvalue weighted by molar-refractivity contribution is 5.93. The third kappa shape index (κ3) is 5.64. The summed E-state index contributed by atoms with van der Waals surface area (Å²) in [5, 5.41) is 0. The molecule has 1 unspecified atom stereocenters. The molecule has 0 N–H and O–H groups in total. The molecule has 0 saturated carbocycles. The van der Waals surface area contributed by atoms with Crippen molar-refractivity contribution in [2.75, 3.05) is 0 Å². The van der Waals surface area contributed by atoms with E-state index in [9.17, 15) is 0 Å². The lowest BCUT2D eigenvalue weighted by atomic mass is 9.66. The zero-order chi connectivity index (χ0) is 37.5. The van der Waals surface area contributed by atoms with Gasteiger partial charge in [-0.1, -0.05) is 200 Å². The molecule has 0 fully saturated rings. The molecule has 0 radical (unpaired) electrons. The average molecular weight is 716 g/mol. The second-order valence-corrected chi connectivity index (χ2v) is 14.5. The van der Waals surface area contributed by atoms with Crippen molar-refractivity contribution in [1.29, 1.82) is 0 Å². The Hall–Kier alpha value is -7.23. The van der Waals surface area contributed by atoms with E-state index in [2.05, 4.69) is 153 Å². The van der Waals surface area contributed by atoms with Gasteiger partial charge < -0.3 is 0 Å². The van der Waals surface area contributed by atoms with Gasteiger partial charge in [0.15, 0.2) is 17.5 Å². The van der Waals surface area contributed by atoms with Crippen LogP contribution >= 0.6 is 0 Å². The fourth-order valence-electron chi connectivity index (χ4n) is 8.50. The molecule has 1 aliphatic carbocycles. The number of benzene rings is 8. The summed E-state index contributed by atoms with van der Waals surface area (Å²) in [4.78, 5) is 14.9. The van der Waals surface area contributed by atoms with Crippen molar-refractivity contribution >= 4 is 0 Å². The van der Waals surface area contributed by atoms with E-state index >= 15 is 0 Å². The van der Waals surface area contributed by atoms with E-state index in [1.165, 1.54) is 50.1 Å². The van der Waals surface area contributed by atoms with Crippen molar-refractivity contribution in [2.24, 2.45) is 0 Å². The molecule has 264 valence electrons. The molecule has 56 heavy (non-hydrogen) atoms. The molecule has 0 amide bonds. The molecule has 0 saturated heterocycles. The van der Waals surface area contributed by atoms with Crippen LogP contribution in [-0.2, 0) is 5.41 Å². The summed E-state index contributed by atoms with van der Waals surface area (Å²) >= 11 is 0. The Balaban J connectivity index is 1.13. The Labute approximate surface area is 327 Å². The first-order valence-corrected chi connectivity index (χ1v) is 19.1. The van der Waals surface area contributed by atoms with Crippen LogP contribution in [0.25, 0.3) is 67.5 Å². The maximum atomic E-state index is 5.02. The van der Waals surface area contributed by atoms with E-state index in [1.54, 1.807) is 0 Å². The van der Waals surface area contributed by atoms with Gasteiger partial charge in [0.05, 0.1) is 5.41 Å². The Bertz CT molecular complexity index is 2790. The van der Waals surface area contributed by atoms with Crippen LogP contribution in [0.1, 0.15) is 27.8 Å². The number of aromatic nitrogens is 3. The molecule has 9 aromatic rings. The van der Waals surface area contributed by atoms with Crippen LogP contribution in [0.3, 0.4) is 0 Å². The average Bonchev–Trinajstić information content (AvgIpc) is 3.59. The summed E-state index contributed by atoms with van der Waals surface area (Å²) in [6, 6.07) is 73.7. The molecule has 3 nitrogen and oxygen atoms in total. The van der Waals surface area contributed by atoms with Crippen LogP contribution in [0.2, 0.25) is 0 Å². The molecular weight excluding hydrogens is 679 g/mol. The minimum Gasteiger partial charge on any atom is -0.208 e. The first-order chi connectivity index (χ1) is 27.7. The third-order valence-electron chi connectivity index (χ3n) is 11.1. The smallest absolute Gasteiger partial charge is 0.164 e. The molecule has 0 spiro atoms. The molecule has 0 bridgehead atoms. The van der Waals surface area contributed by atoms with Gasteiger partial charge in [0.1, 0.15) is 0 Å².